The van der Waals surface area contributed by atoms with Crippen molar-refractivity contribution in [1.29, 1.82) is 0 Å². The number of nitrogen functional groups attached to an aromatic ring is 1. The molecule has 1 heterocycles. The summed E-state index contributed by atoms with van der Waals surface area (Å²) >= 11 is 0. The summed E-state index contributed by atoms with van der Waals surface area (Å²) < 4.78 is 5.28. The van der Waals surface area contributed by atoms with Gasteiger partial charge in [0.2, 0.25) is 0 Å². The molecule has 1 rings (SSSR count). The average molecular weight is 225 g/mol. The zero-order valence-electron chi connectivity index (χ0n) is 9.99. The minimum absolute atomic E-state index is 0.332. The van der Waals surface area contributed by atoms with Crippen LogP contribution in [0, 0.1) is 5.92 Å². The predicted octanol–water partition coefficient (Wildman–Crippen LogP) is 0.971. The van der Waals surface area contributed by atoms with Crippen molar-refractivity contribution in [2.75, 3.05) is 13.6 Å². The summed E-state index contributed by atoms with van der Waals surface area (Å²) in [6.45, 7) is 5.99. The summed E-state index contributed by atoms with van der Waals surface area (Å²) in [4.78, 5) is 13.3. The van der Waals surface area contributed by atoms with Crippen molar-refractivity contribution >= 4 is 5.91 Å². The molecule has 0 aliphatic rings. The third-order valence-corrected chi connectivity index (χ3v) is 2.15. The first-order valence-electron chi connectivity index (χ1n) is 5.29. The molecule has 90 valence electrons. The van der Waals surface area contributed by atoms with Crippen molar-refractivity contribution in [3.63, 3.8) is 0 Å². The molecule has 0 unspecified atom stereocenters. The van der Waals surface area contributed by atoms with Gasteiger partial charge in [0.1, 0.15) is 12.0 Å². The van der Waals surface area contributed by atoms with Crippen LogP contribution in [0.3, 0.4) is 0 Å². The molecule has 5 heteroatoms. The number of nitrogens with two attached hydrogens (primary N) is 1. The van der Waals surface area contributed by atoms with Crippen molar-refractivity contribution in [1.82, 2.24) is 10.3 Å². The lowest BCUT2D eigenvalue weighted by Gasteiger charge is -2.17. The van der Waals surface area contributed by atoms with E-state index >= 15 is 0 Å². The number of amides is 1. The van der Waals surface area contributed by atoms with Crippen molar-refractivity contribution < 1.29 is 9.21 Å². The summed E-state index contributed by atoms with van der Waals surface area (Å²) in [5, 5.41) is 0. The lowest BCUT2D eigenvalue weighted by atomic mass is 10.2. The number of nitrogens with one attached hydrogen (secondary N) is 1. The number of rotatable bonds is 5. The molecule has 0 fully saturated rings. The highest BCUT2D eigenvalue weighted by Crippen LogP contribution is 2.10. The van der Waals surface area contributed by atoms with E-state index in [1.165, 1.54) is 6.26 Å². The Morgan fingerprint density at radius 2 is 2.31 bits per heavy atom. The van der Waals surface area contributed by atoms with Crippen LogP contribution in [0.15, 0.2) is 16.7 Å². The fourth-order valence-corrected chi connectivity index (χ4v) is 1.62. The van der Waals surface area contributed by atoms with Gasteiger partial charge in [-0.15, -0.1) is 0 Å². The topological polar surface area (TPSA) is 71.5 Å². The first-order valence-corrected chi connectivity index (χ1v) is 5.29. The van der Waals surface area contributed by atoms with Crippen LogP contribution < -0.4 is 11.3 Å². The van der Waals surface area contributed by atoms with Crippen molar-refractivity contribution in [2.45, 2.75) is 20.4 Å². The molecule has 0 atom stereocenters. The largest absolute Gasteiger partial charge is 0.467 e. The number of hydrazine groups is 1. The van der Waals surface area contributed by atoms with E-state index < -0.39 is 0 Å². The third kappa shape index (κ3) is 3.67. The van der Waals surface area contributed by atoms with Gasteiger partial charge in [0.25, 0.3) is 5.91 Å². The van der Waals surface area contributed by atoms with E-state index in [1.807, 2.05) is 7.05 Å². The molecular weight excluding hydrogens is 206 g/mol. The fourth-order valence-electron chi connectivity index (χ4n) is 1.62. The predicted molar refractivity (Wildman–Crippen MR) is 61.5 cm³/mol. The molecule has 16 heavy (non-hydrogen) atoms. The maximum Gasteiger partial charge on any atom is 0.268 e. The first kappa shape index (κ1) is 12.7. The van der Waals surface area contributed by atoms with E-state index in [0.717, 1.165) is 12.3 Å². The molecule has 1 amide bonds. The van der Waals surface area contributed by atoms with Gasteiger partial charge in [0, 0.05) is 6.54 Å². The van der Waals surface area contributed by atoms with Crippen LogP contribution in [-0.2, 0) is 6.54 Å². The Morgan fingerprint density at radius 3 is 2.88 bits per heavy atom. The zero-order valence-corrected chi connectivity index (χ0v) is 9.99. The van der Waals surface area contributed by atoms with Gasteiger partial charge in [0.15, 0.2) is 0 Å². The molecule has 0 saturated carbocycles. The summed E-state index contributed by atoms with van der Waals surface area (Å²) in [6, 6.07) is 1.71. The normalized spacial score (nSPS) is 11.1. The maximum absolute atomic E-state index is 11.2. The van der Waals surface area contributed by atoms with Gasteiger partial charge >= 0.3 is 0 Å². The summed E-state index contributed by atoms with van der Waals surface area (Å²) in [5.74, 6) is 6.07. The van der Waals surface area contributed by atoms with E-state index in [-0.39, 0.29) is 5.91 Å². The van der Waals surface area contributed by atoms with Crippen LogP contribution in [0.2, 0.25) is 0 Å². The Balaban J connectivity index is 2.55. The highest BCUT2D eigenvalue weighted by molar-refractivity contribution is 5.93. The van der Waals surface area contributed by atoms with Gasteiger partial charge in [-0.1, -0.05) is 13.8 Å². The van der Waals surface area contributed by atoms with Crippen molar-refractivity contribution in [2.24, 2.45) is 11.8 Å². The third-order valence-electron chi connectivity index (χ3n) is 2.15. The molecule has 0 spiro atoms. The smallest absolute Gasteiger partial charge is 0.268 e. The lowest BCUT2D eigenvalue weighted by molar-refractivity contribution is 0.0953. The minimum Gasteiger partial charge on any atom is -0.467 e. The molecule has 0 aliphatic carbocycles. The first-order chi connectivity index (χ1) is 7.52. The van der Waals surface area contributed by atoms with Crippen molar-refractivity contribution in [3.8, 4) is 0 Å². The molecule has 0 radical (unpaired) electrons. The SMILES string of the molecule is CC(C)CN(C)Cc1cc(C(=O)NN)co1. The molecule has 0 aliphatic heterocycles. The minimum atomic E-state index is -0.332. The van der Waals surface area contributed by atoms with Crippen LogP contribution in [0.4, 0.5) is 0 Å². The van der Waals surface area contributed by atoms with Gasteiger partial charge in [-0.05, 0) is 19.0 Å². The Bertz CT molecular complexity index is 347. The molecule has 1 aromatic rings. The second kappa shape index (κ2) is 5.67. The quantitative estimate of drug-likeness (QED) is 0.445. The Hall–Kier alpha value is -1.33. The number of carbonyl (C=O) groups excluding carboxylic acids is 1. The van der Waals surface area contributed by atoms with Crippen LogP contribution in [-0.4, -0.2) is 24.4 Å². The Morgan fingerprint density at radius 1 is 1.62 bits per heavy atom. The standard InChI is InChI=1S/C11H19N3O2/c1-8(2)5-14(3)6-10-4-9(7-16-10)11(15)13-12/h4,7-8H,5-6,12H2,1-3H3,(H,13,15). The number of carbonyl (C=O) groups is 1. The van der Waals surface area contributed by atoms with Crippen LogP contribution in [0.1, 0.15) is 30.0 Å². The monoisotopic (exact) mass is 225 g/mol. The van der Waals surface area contributed by atoms with Crippen LogP contribution >= 0.6 is 0 Å². The highest BCUT2D eigenvalue weighted by atomic mass is 16.3. The highest BCUT2D eigenvalue weighted by Gasteiger charge is 2.10. The number of furan rings is 1. The molecule has 0 aromatic carbocycles. The Labute approximate surface area is 95.6 Å². The zero-order chi connectivity index (χ0) is 12.1. The average Bonchev–Trinajstić information content (AvgIpc) is 2.63. The molecular formula is C11H19N3O2. The van der Waals surface area contributed by atoms with E-state index in [0.29, 0.717) is 18.0 Å². The van der Waals surface area contributed by atoms with Gasteiger partial charge in [0.05, 0.1) is 12.1 Å². The molecule has 3 N–H and O–H groups in total. The summed E-state index contributed by atoms with van der Waals surface area (Å²) in [6.07, 6.45) is 1.42. The lowest BCUT2D eigenvalue weighted by Crippen LogP contribution is -2.29. The van der Waals surface area contributed by atoms with E-state index in [4.69, 9.17) is 10.3 Å². The number of hydrogen-bond donors (Lipinski definition) is 2. The second-order valence-corrected chi connectivity index (χ2v) is 4.37. The molecule has 0 bridgehead atoms. The van der Waals surface area contributed by atoms with E-state index in [2.05, 4.69) is 24.2 Å². The Kier molecular flexibility index (Phi) is 4.52. The van der Waals surface area contributed by atoms with Crippen LogP contribution in [0.5, 0.6) is 0 Å². The number of nitrogens with zero attached hydrogens (tertiary/aromatic N) is 1. The molecule has 1 aromatic heterocycles. The van der Waals surface area contributed by atoms with E-state index in [9.17, 15) is 4.79 Å². The van der Waals surface area contributed by atoms with Gasteiger partial charge in [-0.25, -0.2) is 5.84 Å². The van der Waals surface area contributed by atoms with Crippen LogP contribution in [0.25, 0.3) is 0 Å². The summed E-state index contributed by atoms with van der Waals surface area (Å²) in [7, 11) is 2.02. The number of hydrogen-bond acceptors (Lipinski definition) is 4. The van der Waals surface area contributed by atoms with Gasteiger partial charge in [-0.3, -0.25) is 15.1 Å². The summed E-state index contributed by atoms with van der Waals surface area (Å²) in [5.41, 5.74) is 2.52. The van der Waals surface area contributed by atoms with E-state index in [1.54, 1.807) is 6.07 Å². The van der Waals surface area contributed by atoms with Gasteiger partial charge < -0.3 is 4.42 Å². The second-order valence-electron chi connectivity index (χ2n) is 4.37. The molecule has 0 saturated heterocycles. The molecule has 5 nitrogen and oxygen atoms in total. The fraction of sp³-hybridized carbons (Fsp3) is 0.545. The van der Waals surface area contributed by atoms with Gasteiger partial charge in [-0.2, -0.15) is 0 Å². The maximum atomic E-state index is 11.2. The van der Waals surface area contributed by atoms with Crippen molar-refractivity contribution in [3.05, 3.63) is 23.7 Å².